The van der Waals surface area contributed by atoms with Gasteiger partial charge in [-0.3, -0.25) is 9.69 Å². The lowest BCUT2D eigenvalue weighted by Crippen LogP contribution is -2.36. The summed E-state index contributed by atoms with van der Waals surface area (Å²) in [6.45, 7) is 5.04. The predicted molar refractivity (Wildman–Crippen MR) is 110 cm³/mol. The van der Waals surface area contributed by atoms with Gasteiger partial charge in [-0.1, -0.05) is 42.4 Å². The summed E-state index contributed by atoms with van der Waals surface area (Å²) in [6.07, 6.45) is 0. The summed E-state index contributed by atoms with van der Waals surface area (Å²) in [7, 11) is 0. The largest absolute Gasteiger partial charge is 0.490 e. The molecule has 1 saturated heterocycles. The van der Waals surface area contributed by atoms with Crippen molar-refractivity contribution in [2.75, 3.05) is 19.8 Å². The summed E-state index contributed by atoms with van der Waals surface area (Å²) in [6, 6.07) is 14.6. The monoisotopic (exact) mass is 404 g/mol. The Morgan fingerprint density at radius 3 is 2.52 bits per heavy atom. The van der Waals surface area contributed by atoms with Crippen molar-refractivity contribution in [3.63, 3.8) is 0 Å². The Kier molecular flexibility index (Phi) is 6.63. The van der Waals surface area contributed by atoms with E-state index >= 15 is 0 Å². The third-order valence-electron chi connectivity index (χ3n) is 3.83. The summed E-state index contributed by atoms with van der Waals surface area (Å²) >= 11 is 7.50. The van der Waals surface area contributed by atoms with Crippen molar-refractivity contribution < 1.29 is 14.3 Å². The number of thioether (sulfide) groups is 1. The van der Waals surface area contributed by atoms with Gasteiger partial charge in [-0.25, -0.2) is 4.99 Å². The van der Waals surface area contributed by atoms with Crippen LogP contribution in [0.25, 0.3) is 0 Å². The van der Waals surface area contributed by atoms with Gasteiger partial charge in [0.2, 0.25) is 0 Å². The highest BCUT2D eigenvalue weighted by molar-refractivity contribution is 8.14. The molecule has 1 atom stereocenters. The van der Waals surface area contributed by atoms with E-state index in [9.17, 15) is 4.79 Å². The molecule has 1 fully saturated rings. The highest BCUT2D eigenvalue weighted by Crippen LogP contribution is 2.30. The molecule has 1 aliphatic heterocycles. The zero-order valence-corrected chi connectivity index (χ0v) is 16.8. The van der Waals surface area contributed by atoms with Crippen LogP contribution in [0.5, 0.6) is 11.5 Å². The Balaban J connectivity index is 1.70. The van der Waals surface area contributed by atoms with Gasteiger partial charge in [0, 0.05) is 16.8 Å². The minimum Gasteiger partial charge on any atom is -0.490 e. The number of aliphatic imine (C=N–C) groups is 1. The Bertz CT molecular complexity index is 826. The normalized spacial score (nSPS) is 18.0. The summed E-state index contributed by atoms with van der Waals surface area (Å²) in [5, 5.41) is 1.60. The van der Waals surface area contributed by atoms with Crippen molar-refractivity contribution >= 4 is 40.1 Å². The van der Waals surface area contributed by atoms with E-state index in [4.69, 9.17) is 21.1 Å². The average molecular weight is 405 g/mol. The number of carbonyl (C=O) groups excluding carboxylic acids is 1. The Labute approximate surface area is 168 Å². The van der Waals surface area contributed by atoms with Crippen LogP contribution in [0.4, 0.5) is 5.69 Å². The number of carbonyl (C=O) groups is 1. The molecule has 5 nitrogen and oxygen atoms in total. The number of hydrogen-bond donors (Lipinski definition) is 0. The number of rotatable bonds is 6. The minimum absolute atomic E-state index is 0.0724. The molecule has 0 unspecified atom stereocenters. The van der Waals surface area contributed by atoms with E-state index < -0.39 is 0 Å². The lowest BCUT2D eigenvalue weighted by Gasteiger charge is -2.17. The second kappa shape index (κ2) is 9.15. The van der Waals surface area contributed by atoms with E-state index in [0.717, 1.165) is 5.69 Å². The maximum atomic E-state index is 12.7. The van der Waals surface area contributed by atoms with Crippen LogP contribution in [0.1, 0.15) is 13.8 Å². The molecule has 3 rings (SSSR count). The first kappa shape index (κ1) is 19.6. The molecular formula is C20H21ClN2O3S. The van der Waals surface area contributed by atoms with Gasteiger partial charge in [0.1, 0.15) is 0 Å². The molecule has 0 aromatic heterocycles. The number of hydrogen-bond acceptors (Lipinski definition) is 5. The van der Waals surface area contributed by atoms with Crippen LogP contribution in [0.2, 0.25) is 5.02 Å². The molecule has 1 amide bonds. The van der Waals surface area contributed by atoms with Crippen LogP contribution in [0.15, 0.2) is 53.5 Å². The van der Waals surface area contributed by atoms with Gasteiger partial charge in [-0.05, 0) is 43.3 Å². The van der Waals surface area contributed by atoms with E-state index in [-0.39, 0.29) is 17.8 Å². The Morgan fingerprint density at radius 2 is 1.85 bits per heavy atom. The molecule has 0 spiro atoms. The molecule has 0 aliphatic carbocycles. The highest BCUT2D eigenvalue weighted by Gasteiger charge is 2.31. The Hall–Kier alpha value is -2.18. The van der Waals surface area contributed by atoms with E-state index in [1.54, 1.807) is 34.9 Å². The van der Waals surface area contributed by atoms with Gasteiger partial charge < -0.3 is 9.47 Å². The first-order chi connectivity index (χ1) is 13.1. The molecule has 0 saturated carbocycles. The number of amidine groups is 1. The van der Waals surface area contributed by atoms with Crippen LogP contribution in [-0.4, -0.2) is 41.0 Å². The van der Waals surface area contributed by atoms with Crippen LogP contribution in [0.3, 0.4) is 0 Å². The van der Waals surface area contributed by atoms with Gasteiger partial charge in [0.15, 0.2) is 23.3 Å². The summed E-state index contributed by atoms with van der Waals surface area (Å²) in [5.74, 6) is 1.06. The molecule has 2 aromatic rings. The molecule has 0 radical (unpaired) electrons. The number of para-hydroxylation sites is 2. The fourth-order valence-electron chi connectivity index (χ4n) is 2.60. The van der Waals surface area contributed by atoms with E-state index in [0.29, 0.717) is 34.8 Å². The molecule has 27 heavy (non-hydrogen) atoms. The van der Waals surface area contributed by atoms with Crippen LogP contribution >= 0.6 is 23.4 Å². The molecule has 1 heterocycles. The van der Waals surface area contributed by atoms with Gasteiger partial charge in [0.25, 0.3) is 5.91 Å². The maximum Gasteiger partial charge on any atom is 0.266 e. The average Bonchev–Trinajstić information content (AvgIpc) is 3.03. The number of halogens is 1. The van der Waals surface area contributed by atoms with Gasteiger partial charge in [0.05, 0.1) is 12.3 Å². The van der Waals surface area contributed by atoms with Crippen molar-refractivity contribution in [2.45, 2.75) is 19.1 Å². The molecule has 0 bridgehead atoms. The topological polar surface area (TPSA) is 51.1 Å². The first-order valence-corrected chi connectivity index (χ1v) is 9.98. The van der Waals surface area contributed by atoms with Crippen molar-refractivity contribution in [2.24, 2.45) is 4.99 Å². The zero-order chi connectivity index (χ0) is 19.2. The smallest absolute Gasteiger partial charge is 0.266 e. The lowest BCUT2D eigenvalue weighted by atomic mass is 10.3. The van der Waals surface area contributed by atoms with Crippen molar-refractivity contribution in [1.82, 2.24) is 4.90 Å². The number of benzene rings is 2. The number of amides is 1. The molecule has 142 valence electrons. The SMILES string of the molecule is CCOc1ccccc1OCC(=O)N1C[C@@H](C)SC1=Nc1ccc(Cl)cc1. The van der Waals surface area contributed by atoms with Crippen LogP contribution in [-0.2, 0) is 4.79 Å². The van der Waals surface area contributed by atoms with Gasteiger partial charge in [-0.2, -0.15) is 0 Å². The predicted octanol–water partition coefficient (Wildman–Crippen LogP) is 4.77. The summed E-state index contributed by atoms with van der Waals surface area (Å²) < 4.78 is 11.2. The first-order valence-electron chi connectivity index (χ1n) is 8.72. The maximum absolute atomic E-state index is 12.7. The van der Waals surface area contributed by atoms with Crippen LogP contribution in [0, 0.1) is 0 Å². The second-order valence-electron chi connectivity index (χ2n) is 5.97. The van der Waals surface area contributed by atoms with Crippen molar-refractivity contribution in [3.05, 3.63) is 53.6 Å². The quantitative estimate of drug-likeness (QED) is 0.695. The standard InChI is InChI=1S/C20H21ClN2O3S/c1-3-25-17-6-4-5-7-18(17)26-13-19(24)23-12-14(2)27-20(23)22-16-10-8-15(21)9-11-16/h4-11,14H,3,12-13H2,1-2H3/t14-/m1/s1. The third-order valence-corrected chi connectivity index (χ3v) is 5.16. The third kappa shape index (κ3) is 5.17. The Morgan fingerprint density at radius 1 is 1.19 bits per heavy atom. The van der Waals surface area contributed by atoms with Gasteiger partial charge >= 0.3 is 0 Å². The molecule has 0 N–H and O–H groups in total. The minimum atomic E-state index is -0.133. The molecule has 1 aliphatic rings. The summed E-state index contributed by atoms with van der Waals surface area (Å²) in [4.78, 5) is 19.0. The van der Waals surface area contributed by atoms with E-state index in [1.165, 1.54) is 0 Å². The van der Waals surface area contributed by atoms with E-state index in [1.807, 2.05) is 37.3 Å². The second-order valence-corrected chi connectivity index (χ2v) is 7.81. The fourth-order valence-corrected chi connectivity index (χ4v) is 3.77. The lowest BCUT2D eigenvalue weighted by molar-refractivity contribution is -0.129. The van der Waals surface area contributed by atoms with E-state index in [2.05, 4.69) is 11.9 Å². The zero-order valence-electron chi connectivity index (χ0n) is 15.2. The van der Waals surface area contributed by atoms with Crippen molar-refractivity contribution in [3.8, 4) is 11.5 Å². The van der Waals surface area contributed by atoms with Gasteiger partial charge in [-0.15, -0.1) is 0 Å². The number of nitrogens with zero attached hydrogens (tertiary/aromatic N) is 2. The fraction of sp³-hybridized carbons (Fsp3) is 0.300. The number of ether oxygens (including phenoxy) is 2. The molecule has 7 heteroatoms. The molecule has 2 aromatic carbocycles. The highest BCUT2D eigenvalue weighted by atomic mass is 35.5. The van der Waals surface area contributed by atoms with Crippen LogP contribution < -0.4 is 9.47 Å². The van der Waals surface area contributed by atoms with Crippen molar-refractivity contribution in [1.29, 1.82) is 0 Å². The molecular weight excluding hydrogens is 384 g/mol. The summed E-state index contributed by atoms with van der Waals surface area (Å²) in [5.41, 5.74) is 0.761.